The molecule has 5 unspecified atom stereocenters. The number of nitrogens with two attached hydrogens (primary N) is 1. The molecule has 3 amide bonds. The van der Waals surface area contributed by atoms with Gasteiger partial charge < -0.3 is 31.9 Å². The minimum Gasteiger partial charge on any atom is -0.508 e. The second kappa shape index (κ2) is 16.5. The summed E-state index contributed by atoms with van der Waals surface area (Å²) in [5.74, 6) is -2.56. The van der Waals surface area contributed by atoms with Gasteiger partial charge >= 0.3 is 5.97 Å². The van der Waals surface area contributed by atoms with Gasteiger partial charge in [0.2, 0.25) is 17.7 Å². The molecule has 0 aliphatic rings. The smallest absolute Gasteiger partial charge is 0.326 e. The number of aliphatic carboxylic acids is 1. The molecule has 0 spiro atoms. The first-order chi connectivity index (χ1) is 19.0. The molecule has 0 heterocycles. The zero-order chi connectivity index (χ0) is 29.7. The van der Waals surface area contributed by atoms with Crippen LogP contribution in [0.25, 0.3) is 0 Å². The first-order valence-corrected chi connectivity index (χ1v) is 14.6. The molecule has 218 valence electrons. The SMILES string of the molecule is CCC(C)C(NC(=O)C(Cc1ccc(O)cc1)NC(=O)C(Cc1ccccc1)NC(=O)C(N)CCSC)C(=O)O. The topological polar surface area (TPSA) is 171 Å². The van der Waals surface area contributed by atoms with Crippen molar-refractivity contribution >= 4 is 35.5 Å². The first-order valence-electron chi connectivity index (χ1n) is 13.3. The van der Waals surface area contributed by atoms with Crippen LogP contribution in [0, 0.1) is 5.92 Å². The Balaban J connectivity index is 2.32. The summed E-state index contributed by atoms with van der Waals surface area (Å²) in [5.41, 5.74) is 7.47. The maximum atomic E-state index is 13.6. The molecule has 10 nitrogen and oxygen atoms in total. The van der Waals surface area contributed by atoms with Gasteiger partial charge in [-0.15, -0.1) is 0 Å². The standard InChI is InChI=1S/C29H40N4O6S/c1-4-18(2)25(29(38)39)33-28(37)24(17-20-10-12-21(34)13-11-20)32-27(36)23(16-19-8-6-5-7-9-19)31-26(35)22(30)14-15-40-3/h5-13,18,22-25,34H,4,14-17,30H2,1-3H3,(H,31,35)(H,32,36)(H,33,37)(H,38,39). The van der Waals surface area contributed by atoms with Crippen LogP contribution in [0.3, 0.4) is 0 Å². The van der Waals surface area contributed by atoms with Gasteiger partial charge in [0.25, 0.3) is 0 Å². The average Bonchev–Trinajstić information content (AvgIpc) is 2.94. The molecule has 11 heteroatoms. The number of nitrogens with one attached hydrogen (secondary N) is 3. The van der Waals surface area contributed by atoms with Crippen molar-refractivity contribution in [2.75, 3.05) is 12.0 Å². The summed E-state index contributed by atoms with van der Waals surface area (Å²) >= 11 is 1.56. The Labute approximate surface area is 239 Å². The minimum absolute atomic E-state index is 0.0317. The molecule has 40 heavy (non-hydrogen) atoms. The van der Waals surface area contributed by atoms with E-state index in [4.69, 9.17) is 5.73 Å². The molecule has 0 aromatic heterocycles. The summed E-state index contributed by atoms with van der Waals surface area (Å²) in [4.78, 5) is 51.6. The highest BCUT2D eigenvalue weighted by Crippen LogP contribution is 2.14. The highest BCUT2D eigenvalue weighted by atomic mass is 32.2. The summed E-state index contributed by atoms with van der Waals surface area (Å²) in [6, 6.07) is 11.1. The molecule has 7 N–H and O–H groups in total. The highest BCUT2D eigenvalue weighted by molar-refractivity contribution is 7.98. The van der Waals surface area contributed by atoms with Crippen molar-refractivity contribution in [2.45, 2.75) is 63.7 Å². The molecule has 5 atom stereocenters. The van der Waals surface area contributed by atoms with E-state index in [1.54, 1.807) is 30.8 Å². The fraction of sp³-hybridized carbons (Fsp3) is 0.448. The Bertz CT molecular complexity index is 1120. The van der Waals surface area contributed by atoms with Crippen LogP contribution >= 0.6 is 11.8 Å². The summed E-state index contributed by atoms with van der Waals surface area (Å²) in [7, 11) is 0. The number of hydrogen-bond donors (Lipinski definition) is 6. The van der Waals surface area contributed by atoms with Gasteiger partial charge in [0.1, 0.15) is 23.9 Å². The van der Waals surface area contributed by atoms with Gasteiger partial charge in [-0.25, -0.2) is 4.79 Å². The van der Waals surface area contributed by atoms with E-state index < -0.39 is 47.9 Å². The first kappa shape index (κ1) is 32.6. The van der Waals surface area contributed by atoms with Gasteiger partial charge in [-0.2, -0.15) is 11.8 Å². The normalized spacial score (nSPS) is 14.7. The predicted molar refractivity (Wildman–Crippen MR) is 156 cm³/mol. The van der Waals surface area contributed by atoms with Gasteiger partial charge in [0.15, 0.2) is 0 Å². The lowest BCUT2D eigenvalue weighted by molar-refractivity contribution is -0.143. The summed E-state index contributed by atoms with van der Waals surface area (Å²) in [6.45, 7) is 3.54. The van der Waals surface area contributed by atoms with Gasteiger partial charge in [-0.3, -0.25) is 14.4 Å². The zero-order valence-corrected chi connectivity index (χ0v) is 23.9. The lowest BCUT2D eigenvalue weighted by Gasteiger charge is -2.27. The second-order valence-corrected chi connectivity index (χ2v) is 10.8. The average molecular weight is 573 g/mol. The van der Waals surface area contributed by atoms with E-state index >= 15 is 0 Å². The van der Waals surface area contributed by atoms with E-state index in [9.17, 15) is 29.4 Å². The third-order valence-electron chi connectivity index (χ3n) is 6.67. The van der Waals surface area contributed by atoms with Crippen LogP contribution in [0.5, 0.6) is 5.75 Å². The number of carboxylic acids is 1. The van der Waals surface area contributed by atoms with Crippen molar-refractivity contribution in [3.05, 3.63) is 65.7 Å². The number of amides is 3. The van der Waals surface area contributed by atoms with Gasteiger partial charge in [-0.05, 0) is 47.6 Å². The number of hydrogen-bond acceptors (Lipinski definition) is 7. The molecule has 0 bridgehead atoms. The van der Waals surface area contributed by atoms with Crippen molar-refractivity contribution in [2.24, 2.45) is 11.7 Å². The molecular weight excluding hydrogens is 532 g/mol. The number of phenols is 1. The predicted octanol–water partition coefficient (Wildman–Crippen LogP) is 1.84. The lowest BCUT2D eigenvalue weighted by atomic mass is 9.97. The van der Waals surface area contributed by atoms with Crippen LogP contribution in [0.15, 0.2) is 54.6 Å². The fourth-order valence-corrected chi connectivity index (χ4v) is 4.49. The largest absolute Gasteiger partial charge is 0.508 e. The van der Waals surface area contributed by atoms with Crippen LogP contribution in [-0.4, -0.2) is 70.1 Å². The monoisotopic (exact) mass is 572 g/mol. The third kappa shape index (κ3) is 10.5. The number of phenolic OH excluding ortho intramolecular Hbond substituents is 1. The van der Waals surface area contributed by atoms with Crippen molar-refractivity contribution in [3.63, 3.8) is 0 Å². The molecule has 0 aliphatic carbocycles. The van der Waals surface area contributed by atoms with Crippen LogP contribution in [-0.2, 0) is 32.0 Å². The van der Waals surface area contributed by atoms with E-state index in [-0.39, 0.29) is 24.5 Å². The van der Waals surface area contributed by atoms with Crippen molar-refractivity contribution in [1.82, 2.24) is 16.0 Å². The number of aromatic hydroxyl groups is 1. The summed E-state index contributed by atoms with van der Waals surface area (Å²) in [6.07, 6.45) is 3.06. The minimum atomic E-state index is -1.18. The van der Waals surface area contributed by atoms with E-state index in [1.807, 2.05) is 43.5 Å². The molecule has 0 fully saturated rings. The fourth-order valence-electron chi connectivity index (χ4n) is 4.00. The summed E-state index contributed by atoms with van der Waals surface area (Å²) < 4.78 is 0. The van der Waals surface area contributed by atoms with E-state index in [1.165, 1.54) is 12.1 Å². The Morgan fingerprint density at radius 1 is 0.850 bits per heavy atom. The third-order valence-corrected chi connectivity index (χ3v) is 7.32. The quantitative estimate of drug-likeness (QED) is 0.177. The number of rotatable bonds is 16. The van der Waals surface area contributed by atoms with Crippen molar-refractivity contribution < 1.29 is 29.4 Å². The molecule has 0 radical (unpaired) electrons. The number of benzene rings is 2. The van der Waals surface area contributed by atoms with Crippen molar-refractivity contribution in [1.29, 1.82) is 0 Å². The Morgan fingerprint density at radius 3 is 1.90 bits per heavy atom. The molecule has 0 saturated carbocycles. The Hall–Kier alpha value is -3.57. The Kier molecular flexibility index (Phi) is 13.5. The molecule has 2 aromatic carbocycles. The second-order valence-electron chi connectivity index (χ2n) is 9.78. The van der Waals surface area contributed by atoms with Gasteiger partial charge in [0.05, 0.1) is 6.04 Å². The number of carboxylic acid groups (broad SMARTS) is 1. The van der Waals surface area contributed by atoms with Gasteiger partial charge in [0, 0.05) is 12.8 Å². The zero-order valence-electron chi connectivity index (χ0n) is 23.1. The van der Waals surface area contributed by atoms with Crippen LogP contribution in [0.2, 0.25) is 0 Å². The molecule has 2 rings (SSSR count). The lowest BCUT2D eigenvalue weighted by Crippen LogP contribution is -2.58. The van der Waals surface area contributed by atoms with E-state index in [0.717, 1.165) is 5.56 Å². The van der Waals surface area contributed by atoms with E-state index in [2.05, 4.69) is 16.0 Å². The van der Waals surface area contributed by atoms with Gasteiger partial charge in [-0.1, -0.05) is 62.7 Å². The number of thioether (sulfide) groups is 1. The molecular formula is C29H40N4O6S. The molecule has 2 aromatic rings. The Morgan fingerprint density at radius 2 is 1.38 bits per heavy atom. The summed E-state index contributed by atoms with van der Waals surface area (Å²) in [5, 5.41) is 27.3. The highest BCUT2D eigenvalue weighted by Gasteiger charge is 2.32. The number of carbonyl (C=O) groups is 4. The maximum Gasteiger partial charge on any atom is 0.326 e. The molecule has 0 aliphatic heterocycles. The number of carbonyl (C=O) groups excluding carboxylic acids is 3. The molecule has 0 saturated heterocycles. The van der Waals surface area contributed by atoms with Crippen LogP contribution < -0.4 is 21.7 Å². The maximum absolute atomic E-state index is 13.6. The van der Waals surface area contributed by atoms with Crippen LogP contribution in [0.4, 0.5) is 0 Å². The van der Waals surface area contributed by atoms with Crippen molar-refractivity contribution in [3.8, 4) is 5.75 Å². The van der Waals surface area contributed by atoms with E-state index in [0.29, 0.717) is 24.2 Å². The van der Waals surface area contributed by atoms with Crippen LogP contribution in [0.1, 0.15) is 37.8 Å².